The van der Waals surface area contributed by atoms with Gasteiger partial charge in [0.05, 0.1) is 21.3 Å². The van der Waals surface area contributed by atoms with Gasteiger partial charge in [0.25, 0.3) is 0 Å². The summed E-state index contributed by atoms with van der Waals surface area (Å²) in [5.41, 5.74) is 2.13. The number of rotatable bonds is 7. The van der Waals surface area contributed by atoms with Crippen molar-refractivity contribution in [2.75, 3.05) is 54.6 Å². The topological polar surface area (TPSA) is 58.6 Å². The first-order valence-corrected chi connectivity index (χ1v) is 10.3. The number of nitrogens with one attached hydrogen (secondary N) is 1. The molecule has 1 saturated heterocycles. The molecule has 2 aromatic rings. The average molecular weight is 558 g/mol. The van der Waals surface area contributed by atoms with E-state index in [1.807, 2.05) is 12.1 Å². The fraction of sp³-hybridized carbons (Fsp3) is 0.435. The Balaban J connectivity index is 0.00000363. The quantitative estimate of drug-likeness (QED) is 0.320. The molecule has 3 rings (SSSR count). The van der Waals surface area contributed by atoms with Crippen LogP contribution in [0.25, 0.3) is 0 Å². The van der Waals surface area contributed by atoms with Crippen molar-refractivity contribution in [2.45, 2.75) is 13.1 Å². The van der Waals surface area contributed by atoms with Crippen LogP contribution in [0.3, 0.4) is 0 Å². The molecule has 0 amide bonds. The summed E-state index contributed by atoms with van der Waals surface area (Å²) >= 11 is 0. The molecule has 0 bridgehead atoms. The molecule has 0 atom stereocenters. The van der Waals surface area contributed by atoms with Gasteiger partial charge < -0.3 is 24.4 Å². The first kappa shape index (κ1) is 26.0. The zero-order valence-electron chi connectivity index (χ0n) is 19.1. The lowest BCUT2D eigenvalue weighted by atomic mass is 10.1. The molecular formula is C23H32FIN4O3. The molecule has 1 aliphatic rings. The Hall–Kier alpha value is -2.27. The predicted molar refractivity (Wildman–Crippen MR) is 135 cm³/mol. The molecule has 0 unspecified atom stereocenters. The summed E-state index contributed by atoms with van der Waals surface area (Å²) < 4.78 is 29.4. The Labute approximate surface area is 206 Å². The maximum atomic E-state index is 13.1. The summed E-state index contributed by atoms with van der Waals surface area (Å²) in [5.74, 6) is 2.57. The predicted octanol–water partition coefficient (Wildman–Crippen LogP) is 3.36. The SMILES string of the molecule is CN=C(NCc1ccc(F)cc1)N1CCN(Cc2cc(OC)c(OC)c(OC)c2)CC1.I. The van der Waals surface area contributed by atoms with Crippen LogP contribution in [0.1, 0.15) is 11.1 Å². The Morgan fingerprint density at radius 1 is 0.938 bits per heavy atom. The van der Waals surface area contributed by atoms with Gasteiger partial charge in [0.15, 0.2) is 17.5 Å². The van der Waals surface area contributed by atoms with Crippen LogP contribution in [0.2, 0.25) is 0 Å². The van der Waals surface area contributed by atoms with Crippen molar-refractivity contribution in [3.05, 3.63) is 53.3 Å². The van der Waals surface area contributed by atoms with Crippen molar-refractivity contribution < 1.29 is 18.6 Å². The third-order valence-corrected chi connectivity index (χ3v) is 5.38. The Morgan fingerprint density at radius 2 is 1.53 bits per heavy atom. The number of piperazine rings is 1. The van der Waals surface area contributed by atoms with Gasteiger partial charge in [-0.15, -0.1) is 24.0 Å². The maximum absolute atomic E-state index is 13.1. The third kappa shape index (κ3) is 6.61. The van der Waals surface area contributed by atoms with Gasteiger partial charge in [-0.05, 0) is 35.4 Å². The zero-order valence-corrected chi connectivity index (χ0v) is 21.4. The molecule has 0 radical (unpaired) electrons. The van der Waals surface area contributed by atoms with Crippen LogP contribution in [0.15, 0.2) is 41.4 Å². The summed E-state index contributed by atoms with van der Waals surface area (Å²) in [7, 11) is 6.65. The second-order valence-electron chi connectivity index (χ2n) is 7.32. The Morgan fingerprint density at radius 3 is 2.03 bits per heavy atom. The fourth-order valence-corrected chi connectivity index (χ4v) is 3.72. The van der Waals surface area contributed by atoms with Gasteiger partial charge in [-0.1, -0.05) is 12.1 Å². The molecule has 176 valence electrons. The number of aliphatic imine (C=N–C) groups is 1. The van der Waals surface area contributed by atoms with Gasteiger partial charge in [0.2, 0.25) is 5.75 Å². The molecule has 0 spiro atoms. The zero-order chi connectivity index (χ0) is 22.2. The lowest BCUT2D eigenvalue weighted by molar-refractivity contribution is 0.172. The number of hydrogen-bond acceptors (Lipinski definition) is 5. The smallest absolute Gasteiger partial charge is 0.203 e. The molecular weight excluding hydrogens is 526 g/mol. The highest BCUT2D eigenvalue weighted by Gasteiger charge is 2.21. The van der Waals surface area contributed by atoms with Crippen molar-refractivity contribution in [1.82, 2.24) is 15.1 Å². The second-order valence-corrected chi connectivity index (χ2v) is 7.32. The van der Waals surface area contributed by atoms with Crippen molar-refractivity contribution in [3.8, 4) is 17.2 Å². The summed E-state index contributed by atoms with van der Waals surface area (Å²) in [4.78, 5) is 9.05. The largest absolute Gasteiger partial charge is 0.493 e. The molecule has 2 aromatic carbocycles. The summed E-state index contributed by atoms with van der Waals surface area (Å²) in [6, 6.07) is 10.5. The molecule has 32 heavy (non-hydrogen) atoms. The van der Waals surface area contributed by atoms with Gasteiger partial charge in [-0.3, -0.25) is 9.89 Å². The van der Waals surface area contributed by atoms with E-state index >= 15 is 0 Å². The van der Waals surface area contributed by atoms with Gasteiger partial charge in [0, 0.05) is 46.3 Å². The molecule has 1 heterocycles. The van der Waals surface area contributed by atoms with Crippen LogP contribution >= 0.6 is 24.0 Å². The molecule has 9 heteroatoms. The third-order valence-electron chi connectivity index (χ3n) is 5.38. The highest BCUT2D eigenvalue weighted by molar-refractivity contribution is 14.0. The van der Waals surface area contributed by atoms with E-state index in [1.54, 1.807) is 40.5 Å². The summed E-state index contributed by atoms with van der Waals surface area (Å²) in [6.45, 7) is 4.97. The second kappa shape index (κ2) is 12.7. The highest BCUT2D eigenvalue weighted by atomic mass is 127. The molecule has 0 saturated carbocycles. The van der Waals surface area contributed by atoms with E-state index in [2.05, 4.69) is 20.1 Å². The van der Waals surface area contributed by atoms with Crippen molar-refractivity contribution in [3.63, 3.8) is 0 Å². The first-order valence-electron chi connectivity index (χ1n) is 10.3. The molecule has 0 aromatic heterocycles. The number of methoxy groups -OCH3 is 3. The minimum Gasteiger partial charge on any atom is -0.493 e. The minimum atomic E-state index is -0.226. The average Bonchev–Trinajstić information content (AvgIpc) is 2.80. The number of guanidine groups is 1. The summed E-state index contributed by atoms with van der Waals surface area (Å²) in [5, 5.41) is 3.37. The molecule has 1 N–H and O–H groups in total. The molecule has 1 fully saturated rings. The number of ether oxygens (including phenoxy) is 3. The maximum Gasteiger partial charge on any atom is 0.203 e. The van der Waals surface area contributed by atoms with Crippen LogP contribution < -0.4 is 19.5 Å². The van der Waals surface area contributed by atoms with Crippen LogP contribution in [-0.2, 0) is 13.1 Å². The van der Waals surface area contributed by atoms with E-state index in [1.165, 1.54) is 12.1 Å². The van der Waals surface area contributed by atoms with E-state index in [9.17, 15) is 4.39 Å². The van der Waals surface area contributed by atoms with Crippen molar-refractivity contribution in [2.24, 2.45) is 4.99 Å². The number of halogens is 2. The van der Waals surface area contributed by atoms with E-state index in [4.69, 9.17) is 14.2 Å². The lowest BCUT2D eigenvalue weighted by Gasteiger charge is -2.36. The van der Waals surface area contributed by atoms with E-state index < -0.39 is 0 Å². The van der Waals surface area contributed by atoms with Crippen LogP contribution in [0.5, 0.6) is 17.2 Å². The summed E-state index contributed by atoms with van der Waals surface area (Å²) in [6.07, 6.45) is 0. The van der Waals surface area contributed by atoms with Gasteiger partial charge >= 0.3 is 0 Å². The van der Waals surface area contributed by atoms with Crippen LogP contribution in [-0.4, -0.2) is 70.3 Å². The number of benzene rings is 2. The molecule has 0 aliphatic carbocycles. The first-order chi connectivity index (χ1) is 15.1. The lowest BCUT2D eigenvalue weighted by Crippen LogP contribution is -2.52. The highest BCUT2D eigenvalue weighted by Crippen LogP contribution is 2.38. The van der Waals surface area contributed by atoms with Crippen LogP contribution in [0, 0.1) is 5.82 Å². The Kier molecular flexibility index (Phi) is 10.3. The van der Waals surface area contributed by atoms with Crippen LogP contribution in [0.4, 0.5) is 4.39 Å². The van der Waals surface area contributed by atoms with Gasteiger partial charge in [0.1, 0.15) is 5.82 Å². The van der Waals surface area contributed by atoms with Crippen molar-refractivity contribution in [1.29, 1.82) is 0 Å². The van der Waals surface area contributed by atoms with Crippen molar-refractivity contribution >= 4 is 29.9 Å². The normalized spacial score (nSPS) is 14.5. The molecule has 7 nitrogen and oxygen atoms in total. The minimum absolute atomic E-state index is 0. The number of nitrogens with zero attached hydrogens (tertiary/aromatic N) is 3. The Bertz CT molecular complexity index is 862. The number of hydrogen-bond donors (Lipinski definition) is 1. The van der Waals surface area contributed by atoms with E-state index in [-0.39, 0.29) is 29.8 Å². The molecule has 1 aliphatic heterocycles. The standard InChI is InChI=1S/C23H31FN4O3.HI/c1-25-23(26-15-17-5-7-19(24)8-6-17)28-11-9-27(10-12-28)16-18-13-20(29-2)22(31-4)21(14-18)30-3;/h5-8,13-14H,9-12,15-16H2,1-4H3,(H,25,26);1H. The van der Waals surface area contributed by atoms with E-state index in [0.29, 0.717) is 23.8 Å². The van der Waals surface area contributed by atoms with Gasteiger partial charge in [-0.25, -0.2) is 4.39 Å². The van der Waals surface area contributed by atoms with E-state index in [0.717, 1.165) is 49.8 Å². The fourth-order valence-electron chi connectivity index (χ4n) is 3.72. The monoisotopic (exact) mass is 558 g/mol. The van der Waals surface area contributed by atoms with Gasteiger partial charge in [-0.2, -0.15) is 0 Å².